The summed E-state index contributed by atoms with van der Waals surface area (Å²) in [5, 5.41) is 9.71. The molecule has 0 unspecified atom stereocenters. The highest BCUT2D eigenvalue weighted by Gasteiger charge is 2.35. The van der Waals surface area contributed by atoms with Gasteiger partial charge in [0.2, 0.25) is 5.88 Å². The molecule has 4 aromatic rings. The maximum absolute atomic E-state index is 13.8. The molecule has 2 aromatic heterocycles. The Morgan fingerprint density at radius 3 is 2.02 bits per heavy atom. The van der Waals surface area contributed by atoms with Crippen LogP contribution in [-0.2, 0) is 19.4 Å². The number of aliphatic carboxylic acids is 1. The van der Waals surface area contributed by atoms with E-state index in [1.807, 2.05) is 0 Å². The van der Waals surface area contributed by atoms with Gasteiger partial charge in [-0.3, -0.25) is 14.6 Å². The lowest BCUT2D eigenvalue weighted by atomic mass is 10.1. The number of carbonyl (C=O) groups is 2. The number of hydrogen-bond donors (Lipinski definition) is 1. The van der Waals surface area contributed by atoms with Crippen molar-refractivity contribution in [3.8, 4) is 28.1 Å². The first-order chi connectivity index (χ1) is 20.1. The highest BCUT2D eigenvalue weighted by Crippen LogP contribution is 2.44. The fourth-order valence-electron chi connectivity index (χ4n) is 3.89. The average molecular weight is 641 g/mol. The van der Waals surface area contributed by atoms with Crippen LogP contribution in [0.4, 0.5) is 4.39 Å². The van der Waals surface area contributed by atoms with Crippen molar-refractivity contribution >= 4 is 45.3 Å². The molecule has 43 heavy (non-hydrogen) atoms. The quantitative estimate of drug-likeness (QED) is 0.146. The molecular formula is C31H29FN2O6S3. The molecule has 12 heteroatoms. The third kappa shape index (κ3) is 7.62. The highest BCUT2D eigenvalue weighted by molar-refractivity contribution is 8.01. The van der Waals surface area contributed by atoms with E-state index < -0.39 is 37.1 Å². The van der Waals surface area contributed by atoms with E-state index in [1.165, 1.54) is 54.4 Å². The summed E-state index contributed by atoms with van der Waals surface area (Å²) in [5.41, 5.74) is 2.29. The monoisotopic (exact) mass is 640 g/mol. The second-order valence-corrected chi connectivity index (χ2v) is 15.9. The number of pyridine rings is 2. The summed E-state index contributed by atoms with van der Waals surface area (Å²) < 4.78 is 41.1. The lowest BCUT2D eigenvalue weighted by Gasteiger charge is -2.25. The Labute approximate surface area is 258 Å². The maximum Gasteiger partial charge on any atom is 0.328 e. The Morgan fingerprint density at radius 2 is 1.42 bits per heavy atom. The number of ether oxygens (including phenoxy) is 1. The topological polar surface area (TPSA) is 124 Å². The number of aromatic nitrogens is 2. The Kier molecular flexibility index (Phi) is 9.33. The van der Waals surface area contributed by atoms with Crippen LogP contribution < -0.4 is 4.74 Å². The molecule has 0 aliphatic carbocycles. The minimum absolute atomic E-state index is 0.0391. The van der Waals surface area contributed by atoms with Crippen LogP contribution in [0.25, 0.3) is 22.3 Å². The summed E-state index contributed by atoms with van der Waals surface area (Å²) in [5.74, 6) is -2.15. The zero-order chi connectivity index (χ0) is 31.6. The second kappa shape index (κ2) is 12.5. The lowest BCUT2D eigenvalue weighted by Crippen LogP contribution is -2.33. The van der Waals surface area contributed by atoms with Crippen LogP contribution in [0.5, 0.6) is 5.88 Å². The second-order valence-electron chi connectivity index (χ2n) is 10.6. The minimum Gasteiger partial charge on any atom is -0.480 e. The molecule has 4 rings (SSSR count). The summed E-state index contributed by atoms with van der Waals surface area (Å²) in [4.78, 5) is 35.4. The van der Waals surface area contributed by atoms with E-state index >= 15 is 0 Å². The van der Waals surface area contributed by atoms with E-state index in [1.54, 1.807) is 64.4 Å². The number of thioether (sulfide) groups is 2. The normalized spacial score (nSPS) is 12.1. The van der Waals surface area contributed by atoms with Crippen LogP contribution in [0, 0.1) is 5.82 Å². The van der Waals surface area contributed by atoms with Gasteiger partial charge in [-0.15, -0.1) is 23.5 Å². The molecule has 0 spiro atoms. The first kappa shape index (κ1) is 32.2. The average Bonchev–Trinajstić information content (AvgIpc) is 2.93. The number of sulfone groups is 1. The lowest BCUT2D eigenvalue weighted by molar-refractivity contribution is -0.139. The molecule has 0 aliphatic rings. The number of esters is 1. The van der Waals surface area contributed by atoms with Gasteiger partial charge in [0.25, 0.3) is 0 Å². The number of hydrogen-bond acceptors (Lipinski definition) is 9. The van der Waals surface area contributed by atoms with Crippen LogP contribution in [0.2, 0.25) is 0 Å². The van der Waals surface area contributed by atoms with Crippen molar-refractivity contribution < 1.29 is 32.2 Å². The molecule has 2 heterocycles. The van der Waals surface area contributed by atoms with Crippen LogP contribution in [-0.4, -0.2) is 51.2 Å². The van der Waals surface area contributed by atoms with Crippen molar-refractivity contribution in [1.82, 2.24) is 9.97 Å². The van der Waals surface area contributed by atoms with Gasteiger partial charge in [-0.25, -0.2) is 17.8 Å². The minimum atomic E-state index is -3.36. The third-order valence-corrected chi connectivity index (χ3v) is 9.94. The zero-order valence-electron chi connectivity index (χ0n) is 24.0. The van der Waals surface area contributed by atoms with Gasteiger partial charge in [0.15, 0.2) is 9.84 Å². The molecule has 0 aliphatic heterocycles. The Balaban J connectivity index is 1.67. The number of benzene rings is 2. The van der Waals surface area contributed by atoms with Gasteiger partial charge in [0, 0.05) is 40.2 Å². The summed E-state index contributed by atoms with van der Waals surface area (Å²) in [6, 6.07) is 15.3. The van der Waals surface area contributed by atoms with Crippen molar-refractivity contribution in [2.24, 2.45) is 0 Å². The standard InChI is InChI=1S/C31H29FN2O6S3/c1-30(2,28(35)36)42-25-15-17-34-27(26(25)20-6-10-21(32)11-7-20)40-29(37)31(3,4)41-24-14-16-33-18-23(24)19-8-12-22(13-9-19)43(5,38)39/h6-18H,1-5H3,(H,35,36). The summed E-state index contributed by atoms with van der Waals surface area (Å²) >= 11 is 2.29. The Hall–Kier alpha value is -3.74. The van der Waals surface area contributed by atoms with Crippen LogP contribution in [0.15, 0.2) is 93.9 Å². The van der Waals surface area contributed by atoms with E-state index in [4.69, 9.17) is 4.74 Å². The van der Waals surface area contributed by atoms with Crippen molar-refractivity contribution in [3.63, 3.8) is 0 Å². The summed E-state index contributed by atoms with van der Waals surface area (Å²) in [6.07, 6.45) is 5.80. The SMILES string of the molecule is CC(C)(Sc1ccnc(OC(=O)C(C)(C)Sc2ccncc2-c2ccc(S(C)(=O)=O)cc2)c1-c1ccc(F)cc1)C(=O)O. The predicted octanol–water partition coefficient (Wildman–Crippen LogP) is 6.78. The fourth-order valence-corrected chi connectivity index (χ4v) is 6.67. The predicted molar refractivity (Wildman–Crippen MR) is 166 cm³/mol. The number of nitrogens with zero attached hydrogens (tertiary/aromatic N) is 2. The van der Waals surface area contributed by atoms with E-state index in [9.17, 15) is 27.5 Å². The maximum atomic E-state index is 13.8. The van der Waals surface area contributed by atoms with Crippen molar-refractivity contribution in [1.29, 1.82) is 0 Å². The molecule has 8 nitrogen and oxygen atoms in total. The largest absolute Gasteiger partial charge is 0.480 e. The summed E-state index contributed by atoms with van der Waals surface area (Å²) in [7, 11) is -3.36. The summed E-state index contributed by atoms with van der Waals surface area (Å²) in [6.45, 7) is 6.50. The van der Waals surface area contributed by atoms with Crippen LogP contribution in [0.3, 0.4) is 0 Å². The molecule has 0 bridgehead atoms. The smallest absolute Gasteiger partial charge is 0.328 e. The van der Waals surface area contributed by atoms with Crippen molar-refractivity contribution in [3.05, 3.63) is 85.1 Å². The van der Waals surface area contributed by atoms with Gasteiger partial charge >= 0.3 is 11.9 Å². The highest BCUT2D eigenvalue weighted by atomic mass is 32.2. The number of halogens is 1. The molecule has 0 saturated heterocycles. The zero-order valence-corrected chi connectivity index (χ0v) is 26.4. The molecule has 0 saturated carbocycles. The van der Waals surface area contributed by atoms with Gasteiger partial charge < -0.3 is 9.84 Å². The van der Waals surface area contributed by atoms with E-state index in [0.29, 0.717) is 26.5 Å². The number of carboxylic acids is 1. The number of rotatable bonds is 10. The molecule has 0 radical (unpaired) electrons. The molecule has 0 fully saturated rings. The molecule has 2 aromatic carbocycles. The third-order valence-electron chi connectivity index (χ3n) is 6.31. The number of carboxylic acid groups (broad SMARTS) is 1. The molecule has 0 atom stereocenters. The van der Waals surface area contributed by atoms with Crippen LogP contribution >= 0.6 is 23.5 Å². The fraction of sp³-hybridized carbons (Fsp3) is 0.226. The molecular weight excluding hydrogens is 612 g/mol. The van der Waals surface area contributed by atoms with Crippen molar-refractivity contribution in [2.75, 3.05) is 6.26 Å². The van der Waals surface area contributed by atoms with E-state index in [0.717, 1.165) is 23.6 Å². The molecule has 0 amide bonds. The first-order valence-corrected chi connectivity index (χ1v) is 16.4. The van der Waals surface area contributed by atoms with E-state index in [2.05, 4.69) is 9.97 Å². The van der Waals surface area contributed by atoms with E-state index in [-0.39, 0.29) is 10.8 Å². The first-order valence-electron chi connectivity index (χ1n) is 12.9. The van der Waals surface area contributed by atoms with Crippen LogP contribution in [0.1, 0.15) is 27.7 Å². The van der Waals surface area contributed by atoms with Crippen molar-refractivity contribution in [2.45, 2.75) is 51.9 Å². The van der Waals surface area contributed by atoms with Gasteiger partial charge in [-0.2, -0.15) is 0 Å². The Bertz CT molecular complexity index is 1770. The number of carbonyl (C=O) groups excluding carboxylic acids is 1. The molecule has 224 valence electrons. The molecule has 1 N–H and O–H groups in total. The van der Waals surface area contributed by atoms with Gasteiger partial charge in [-0.05, 0) is 75.2 Å². The van der Waals surface area contributed by atoms with Gasteiger partial charge in [-0.1, -0.05) is 24.3 Å². The van der Waals surface area contributed by atoms with Gasteiger partial charge in [0.05, 0.1) is 10.5 Å². The van der Waals surface area contributed by atoms with Gasteiger partial charge in [0.1, 0.15) is 15.3 Å². The Morgan fingerprint density at radius 1 is 0.837 bits per heavy atom.